The molecule has 3 rings (SSSR count). The first-order chi connectivity index (χ1) is 9.83. The van der Waals surface area contributed by atoms with Crippen molar-refractivity contribution < 1.29 is 13.9 Å². The van der Waals surface area contributed by atoms with Gasteiger partial charge in [0, 0.05) is 13.1 Å². The van der Waals surface area contributed by atoms with Crippen LogP contribution in [0.4, 0.5) is 11.5 Å². The van der Waals surface area contributed by atoms with Gasteiger partial charge in [-0.25, -0.2) is 4.98 Å². The van der Waals surface area contributed by atoms with Crippen LogP contribution in [0.1, 0.15) is 10.6 Å². The van der Waals surface area contributed by atoms with Gasteiger partial charge in [-0.2, -0.15) is 0 Å². The highest BCUT2D eigenvalue weighted by atomic mass is 16.5. The van der Waals surface area contributed by atoms with Crippen LogP contribution in [-0.2, 0) is 4.74 Å². The predicted octanol–water partition coefficient (Wildman–Crippen LogP) is 1.76. The molecule has 0 unspecified atom stereocenters. The lowest BCUT2D eigenvalue weighted by molar-refractivity contribution is 0.0996. The fourth-order valence-electron chi connectivity index (χ4n) is 2.05. The molecule has 0 spiro atoms. The number of carbonyl (C=O) groups is 1. The minimum atomic E-state index is -0.304. The maximum Gasteiger partial charge on any atom is 0.292 e. The lowest BCUT2D eigenvalue weighted by Gasteiger charge is -2.28. The Bertz CT molecular complexity index is 560. The molecule has 1 aliphatic heterocycles. The molecule has 0 aliphatic carbocycles. The van der Waals surface area contributed by atoms with Gasteiger partial charge in [-0.1, -0.05) is 0 Å². The Morgan fingerprint density at radius 3 is 2.75 bits per heavy atom. The summed E-state index contributed by atoms with van der Waals surface area (Å²) < 4.78 is 10.3. The van der Waals surface area contributed by atoms with Crippen LogP contribution >= 0.6 is 0 Å². The van der Waals surface area contributed by atoms with E-state index in [-0.39, 0.29) is 11.7 Å². The fourth-order valence-corrected chi connectivity index (χ4v) is 2.05. The first kappa shape index (κ1) is 12.7. The highest BCUT2D eigenvalue weighted by Gasteiger charge is 2.12. The van der Waals surface area contributed by atoms with Gasteiger partial charge in [0.15, 0.2) is 5.76 Å². The van der Waals surface area contributed by atoms with Crippen molar-refractivity contribution in [3.05, 3.63) is 42.5 Å². The number of pyridine rings is 1. The smallest absolute Gasteiger partial charge is 0.292 e. The van der Waals surface area contributed by atoms with Crippen molar-refractivity contribution in [1.29, 1.82) is 0 Å². The third-order valence-electron chi connectivity index (χ3n) is 3.11. The van der Waals surface area contributed by atoms with Crippen LogP contribution in [-0.4, -0.2) is 37.2 Å². The molecule has 1 amide bonds. The Labute approximate surface area is 116 Å². The van der Waals surface area contributed by atoms with E-state index in [0.29, 0.717) is 5.82 Å². The first-order valence-electron chi connectivity index (χ1n) is 6.46. The van der Waals surface area contributed by atoms with Crippen molar-refractivity contribution >= 4 is 17.4 Å². The van der Waals surface area contributed by atoms with Crippen molar-refractivity contribution in [3.63, 3.8) is 0 Å². The second kappa shape index (κ2) is 5.75. The summed E-state index contributed by atoms with van der Waals surface area (Å²) in [6.07, 6.45) is 3.22. The molecule has 1 N–H and O–H groups in total. The summed E-state index contributed by atoms with van der Waals surface area (Å²) in [5, 5.41) is 2.69. The molecule has 0 bridgehead atoms. The Morgan fingerprint density at radius 1 is 1.25 bits per heavy atom. The summed E-state index contributed by atoms with van der Waals surface area (Å²) in [5.41, 5.74) is 1.03. The standard InChI is InChI=1S/C14H15N3O3/c18-14(12-2-1-7-20-12)16-13-4-3-11(10-15-13)17-5-8-19-9-6-17/h1-4,7,10H,5-6,8-9H2,(H,15,16,18). The second-order valence-corrected chi connectivity index (χ2v) is 4.43. The highest BCUT2D eigenvalue weighted by molar-refractivity contribution is 6.01. The molecule has 0 aromatic carbocycles. The Hall–Kier alpha value is -2.34. The van der Waals surface area contributed by atoms with Crippen LogP contribution in [0.15, 0.2) is 41.1 Å². The third kappa shape index (κ3) is 2.80. The van der Waals surface area contributed by atoms with Gasteiger partial charge in [-0.3, -0.25) is 4.79 Å². The summed E-state index contributed by atoms with van der Waals surface area (Å²) in [5.74, 6) is 0.467. The number of rotatable bonds is 3. The van der Waals surface area contributed by atoms with Gasteiger partial charge in [-0.15, -0.1) is 0 Å². The largest absolute Gasteiger partial charge is 0.459 e. The number of anilines is 2. The van der Waals surface area contributed by atoms with Crippen LogP contribution in [0.2, 0.25) is 0 Å². The molecule has 6 nitrogen and oxygen atoms in total. The van der Waals surface area contributed by atoms with Gasteiger partial charge in [0.25, 0.3) is 5.91 Å². The maximum atomic E-state index is 11.8. The van der Waals surface area contributed by atoms with E-state index >= 15 is 0 Å². The third-order valence-corrected chi connectivity index (χ3v) is 3.11. The molecule has 1 saturated heterocycles. The van der Waals surface area contributed by atoms with E-state index in [0.717, 1.165) is 32.0 Å². The predicted molar refractivity (Wildman–Crippen MR) is 73.9 cm³/mol. The second-order valence-electron chi connectivity index (χ2n) is 4.43. The molecule has 20 heavy (non-hydrogen) atoms. The Balaban J connectivity index is 1.65. The van der Waals surface area contributed by atoms with Crippen molar-refractivity contribution in [1.82, 2.24) is 4.98 Å². The van der Waals surface area contributed by atoms with Crippen molar-refractivity contribution in [2.24, 2.45) is 0 Å². The summed E-state index contributed by atoms with van der Waals surface area (Å²) in [7, 11) is 0. The van der Waals surface area contributed by atoms with Gasteiger partial charge < -0.3 is 19.4 Å². The number of hydrogen-bond acceptors (Lipinski definition) is 5. The monoisotopic (exact) mass is 273 g/mol. The molecule has 2 aromatic heterocycles. The molecule has 3 heterocycles. The minimum absolute atomic E-state index is 0.268. The van der Waals surface area contributed by atoms with Crippen LogP contribution in [0.25, 0.3) is 0 Å². The number of nitrogens with one attached hydrogen (secondary N) is 1. The van der Waals surface area contributed by atoms with E-state index in [4.69, 9.17) is 9.15 Å². The van der Waals surface area contributed by atoms with Crippen LogP contribution < -0.4 is 10.2 Å². The van der Waals surface area contributed by atoms with Crippen LogP contribution in [0.3, 0.4) is 0 Å². The molecule has 1 fully saturated rings. The molecule has 0 saturated carbocycles. The van der Waals surface area contributed by atoms with Gasteiger partial charge >= 0.3 is 0 Å². The van der Waals surface area contributed by atoms with Gasteiger partial charge in [0.05, 0.1) is 31.4 Å². The normalized spacial score (nSPS) is 15.1. The van der Waals surface area contributed by atoms with E-state index in [1.54, 1.807) is 24.4 Å². The Morgan fingerprint density at radius 2 is 2.10 bits per heavy atom. The van der Waals surface area contributed by atoms with E-state index in [1.165, 1.54) is 6.26 Å². The fraction of sp³-hybridized carbons (Fsp3) is 0.286. The summed E-state index contributed by atoms with van der Waals surface area (Å²) in [6.45, 7) is 3.19. The summed E-state index contributed by atoms with van der Waals surface area (Å²) >= 11 is 0. The number of carbonyl (C=O) groups excluding carboxylic acids is 1. The summed E-state index contributed by atoms with van der Waals surface area (Å²) in [4.78, 5) is 18.2. The van der Waals surface area contributed by atoms with Crippen molar-refractivity contribution in [3.8, 4) is 0 Å². The average molecular weight is 273 g/mol. The number of amides is 1. The van der Waals surface area contributed by atoms with E-state index in [1.807, 2.05) is 6.07 Å². The quantitative estimate of drug-likeness (QED) is 0.923. The topological polar surface area (TPSA) is 67.6 Å². The lowest BCUT2D eigenvalue weighted by atomic mass is 10.3. The maximum absolute atomic E-state index is 11.8. The zero-order valence-electron chi connectivity index (χ0n) is 10.9. The van der Waals surface area contributed by atoms with E-state index in [9.17, 15) is 4.79 Å². The zero-order chi connectivity index (χ0) is 13.8. The molecule has 0 atom stereocenters. The average Bonchev–Trinajstić information content (AvgIpc) is 3.03. The molecule has 104 valence electrons. The SMILES string of the molecule is O=C(Nc1ccc(N2CCOCC2)cn1)c1ccco1. The molecular weight excluding hydrogens is 258 g/mol. The van der Waals surface area contributed by atoms with Crippen molar-refractivity contribution in [2.75, 3.05) is 36.5 Å². The number of furan rings is 1. The number of nitrogens with zero attached hydrogens (tertiary/aromatic N) is 2. The van der Waals surface area contributed by atoms with Gasteiger partial charge in [0.1, 0.15) is 5.82 Å². The molecular formula is C14H15N3O3. The van der Waals surface area contributed by atoms with E-state index < -0.39 is 0 Å². The molecule has 1 aliphatic rings. The lowest BCUT2D eigenvalue weighted by Crippen LogP contribution is -2.36. The number of hydrogen-bond donors (Lipinski definition) is 1. The van der Waals surface area contributed by atoms with Gasteiger partial charge in [0.2, 0.25) is 0 Å². The van der Waals surface area contributed by atoms with Crippen LogP contribution in [0.5, 0.6) is 0 Å². The van der Waals surface area contributed by atoms with Crippen molar-refractivity contribution in [2.45, 2.75) is 0 Å². The zero-order valence-corrected chi connectivity index (χ0v) is 10.9. The summed E-state index contributed by atoms with van der Waals surface area (Å²) in [6, 6.07) is 7.00. The number of aromatic nitrogens is 1. The minimum Gasteiger partial charge on any atom is -0.459 e. The van der Waals surface area contributed by atoms with Gasteiger partial charge in [-0.05, 0) is 24.3 Å². The van der Waals surface area contributed by atoms with Crippen LogP contribution in [0, 0.1) is 0 Å². The molecule has 2 aromatic rings. The molecule has 0 radical (unpaired) electrons. The Kier molecular flexibility index (Phi) is 3.64. The molecule has 6 heteroatoms. The first-order valence-corrected chi connectivity index (χ1v) is 6.46. The van der Waals surface area contributed by atoms with E-state index in [2.05, 4.69) is 15.2 Å². The number of ether oxygens (including phenoxy) is 1. The highest BCUT2D eigenvalue weighted by Crippen LogP contribution is 2.16. The number of morpholine rings is 1.